The van der Waals surface area contributed by atoms with Gasteiger partial charge >= 0.3 is 5.97 Å². The maximum absolute atomic E-state index is 10.8. The lowest BCUT2D eigenvalue weighted by atomic mass is 9.96. The van der Waals surface area contributed by atoms with E-state index in [1.165, 1.54) is 11.1 Å². The van der Waals surface area contributed by atoms with Crippen LogP contribution in [0.3, 0.4) is 0 Å². The topological polar surface area (TPSA) is 72.5 Å². The Kier molecular flexibility index (Phi) is 3.33. The maximum Gasteiger partial charge on any atom is 0.320 e. The fourth-order valence-electron chi connectivity index (χ4n) is 2.44. The van der Waals surface area contributed by atoms with E-state index in [1.54, 1.807) is 7.11 Å². The van der Waals surface area contributed by atoms with Crippen LogP contribution < -0.4 is 10.5 Å². The molecular formula is C13H17NO3. The number of methoxy groups -OCH3 is 1. The van der Waals surface area contributed by atoms with E-state index in [0.29, 0.717) is 6.42 Å². The molecule has 0 saturated carbocycles. The highest BCUT2D eigenvalue weighted by molar-refractivity contribution is 5.74. The first-order valence-electron chi connectivity index (χ1n) is 5.79. The summed E-state index contributed by atoms with van der Waals surface area (Å²) >= 11 is 0. The lowest BCUT2D eigenvalue weighted by Gasteiger charge is -2.15. The molecule has 4 nitrogen and oxygen atoms in total. The Morgan fingerprint density at radius 2 is 2.29 bits per heavy atom. The van der Waals surface area contributed by atoms with E-state index in [4.69, 9.17) is 15.6 Å². The smallest absolute Gasteiger partial charge is 0.320 e. The number of aryl methyl sites for hydroxylation is 1. The minimum Gasteiger partial charge on any atom is -0.496 e. The SMILES string of the molecule is COc1ccc2c(c1CC(N)C(=O)O)CCC2. The number of nitrogens with two attached hydrogens (primary N) is 1. The number of aliphatic carboxylic acids is 1. The van der Waals surface area contributed by atoms with Crippen molar-refractivity contribution < 1.29 is 14.6 Å². The van der Waals surface area contributed by atoms with Crippen molar-refractivity contribution in [3.05, 3.63) is 28.8 Å². The quantitative estimate of drug-likeness (QED) is 0.820. The third-order valence-corrected chi connectivity index (χ3v) is 3.32. The van der Waals surface area contributed by atoms with Gasteiger partial charge in [0.2, 0.25) is 0 Å². The number of ether oxygens (including phenoxy) is 1. The molecule has 1 atom stereocenters. The van der Waals surface area contributed by atoms with Crippen molar-refractivity contribution in [2.45, 2.75) is 31.7 Å². The molecule has 0 heterocycles. The van der Waals surface area contributed by atoms with Crippen LogP contribution in [0.25, 0.3) is 0 Å². The predicted molar refractivity (Wildman–Crippen MR) is 64.3 cm³/mol. The van der Waals surface area contributed by atoms with E-state index in [0.717, 1.165) is 30.6 Å². The van der Waals surface area contributed by atoms with Crippen molar-refractivity contribution >= 4 is 5.97 Å². The zero-order chi connectivity index (χ0) is 12.4. The molecule has 92 valence electrons. The van der Waals surface area contributed by atoms with Gasteiger partial charge in [-0.1, -0.05) is 6.07 Å². The van der Waals surface area contributed by atoms with Crippen LogP contribution in [0, 0.1) is 0 Å². The third-order valence-electron chi connectivity index (χ3n) is 3.32. The molecule has 0 radical (unpaired) electrons. The van der Waals surface area contributed by atoms with E-state index in [1.807, 2.05) is 6.07 Å². The standard InChI is InChI=1S/C13H17NO3/c1-17-12-6-5-8-3-2-4-9(8)10(12)7-11(14)13(15)16/h5-6,11H,2-4,7,14H2,1H3,(H,15,16). The summed E-state index contributed by atoms with van der Waals surface area (Å²) in [6.07, 6.45) is 3.52. The van der Waals surface area contributed by atoms with Gasteiger partial charge in [-0.25, -0.2) is 0 Å². The molecule has 1 aromatic carbocycles. The lowest BCUT2D eigenvalue weighted by Crippen LogP contribution is -2.32. The molecule has 4 heteroatoms. The lowest BCUT2D eigenvalue weighted by molar-refractivity contribution is -0.138. The van der Waals surface area contributed by atoms with Gasteiger partial charge in [-0.3, -0.25) is 4.79 Å². The summed E-state index contributed by atoms with van der Waals surface area (Å²) in [7, 11) is 1.60. The molecule has 0 saturated heterocycles. The normalized spacial score (nSPS) is 15.4. The molecular weight excluding hydrogens is 218 g/mol. The average molecular weight is 235 g/mol. The summed E-state index contributed by atoms with van der Waals surface area (Å²) in [6.45, 7) is 0. The molecule has 3 N–H and O–H groups in total. The number of benzene rings is 1. The van der Waals surface area contributed by atoms with Gasteiger partial charge < -0.3 is 15.6 Å². The highest BCUT2D eigenvalue weighted by Crippen LogP contribution is 2.32. The van der Waals surface area contributed by atoms with Crippen LogP contribution in [0.1, 0.15) is 23.1 Å². The number of carboxylic acids is 1. The Morgan fingerprint density at radius 1 is 1.53 bits per heavy atom. The van der Waals surface area contributed by atoms with Gasteiger partial charge in [0.15, 0.2) is 0 Å². The van der Waals surface area contributed by atoms with Gasteiger partial charge in [0.25, 0.3) is 0 Å². The predicted octanol–water partition coefficient (Wildman–Crippen LogP) is 1.14. The maximum atomic E-state index is 10.8. The van der Waals surface area contributed by atoms with Crippen molar-refractivity contribution in [1.82, 2.24) is 0 Å². The first-order valence-corrected chi connectivity index (χ1v) is 5.79. The molecule has 0 amide bonds. The number of hydrogen-bond acceptors (Lipinski definition) is 3. The highest BCUT2D eigenvalue weighted by atomic mass is 16.5. The molecule has 1 aliphatic rings. The first kappa shape index (κ1) is 11.9. The second kappa shape index (κ2) is 4.75. The number of carbonyl (C=O) groups is 1. The van der Waals surface area contributed by atoms with Crippen molar-refractivity contribution in [3.63, 3.8) is 0 Å². The molecule has 1 unspecified atom stereocenters. The number of rotatable bonds is 4. The van der Waals surface area contributed by atoms with Crippen LogP contribution >= 0.6 is 0 Å². The molecule has 17 heavy (non-hydrogen) atoms. The molecule has 1 aromatic rings. The second-order valence-electron chi connectivity index (χ2n) is 4.39. The Morgan fingerprint density at radius 3 is 2.94 bits per heavy atom. The second-order valence-corrected chi connectivity index (χ2v) is 4.39. The van der Waals surface area contributed by atoms with E-state index < -0.39 is 12.0 Å². The summed E-state index contributed by atoms with van der Waals surface area (Å²) in [4.78, 5) is 10.8. The number of fused-ring (bicyclic) bond motifs is 1. The summed E-state index contributed by atoms with van der Waals surface area (Å²) < 4.78 is 5.30. The minimum absolute atomic E-state index is 0.335. The zero-order valence-electron chi connectivity index (χ0n) is 9.90. The van der Waals surface area contributed by atoms with Gasteiger partial charge in [0.1, 0.15) is 11.8 Å². The van der Waals surface area contributed by atoms with E-state index in [-0.39, 0.29) is 0 Å². The van der Waals surface area contributed by atoms with Crippen LogP contribution in [0.5, 0.6) is 5.75 Å². The fourth-order valence-corrected chi connectivity index (χ4v) is 2.44. The number of hydrogen-bond donors (Lipinski definition) is 2. The van der Waals surface area contributed by atoms with Crippen molar-refractivity contribution in [1.29, 1.82) is 0 Å². The van der Waals surface area contributed by atoms with E-state index in [2.05, 4.69) is 6.07 Å². The monoisotopic (exact) mass is 235 g/mol. The van der Waals surface area contributed by atoms with Crippen LogP contribution in [-0.4, -0.2) is 24.2 Å². The van der Waals surface area contributed by atoms with Crippen LogP contribution in [0.4, 0.5) is 0 Å². The first-order chi connectivity index (χ1) is 8.13. The van der Waals surface area contributed by atoms with E-state index in [9.17, 15) is 4.79 Å². The average Bonchev–Trinajstić information content (AvgIpc) is 2.77. The zero-order valence-corrected chi connectivity index (χ0v) is 9.90. The Bertz CT molecular complexity index is 443. The molecule has 0 fully saturated rings. The van der Waals surface area contributed by atoms with Crippen LogP contribution in [-0.2, 0) is 24.1 Å². The van der Waals surface area contributed by atoms with Gasteiger partial charge in [0.05, 0.1) is 7.11 Å². The minimum atomic E-state index is -0.970. The fraction of sp³-hybridized carbons (Fsp3) is 0.462. The van der Waals surface area contributed by atoms with E-state index >= 15 is 0 Å². The Labute approximate surface area is 100 Å². The largest absolute Gasteiger partial charge is 0.496 e. The molecule has 1 aliphatic carbocycles. The van der Waals surface area contributed by atoms with Gasteiger partial charge in [0, 0.05) is 6.42 Å². The van der Waals surface area contributed by atoms with Gasteiger partial charge in [-0.05, 0) is 42.0 Å². The molecule has 0 bridgehead atoms. The molecule has 0 aromatic heterocycles. The van der Waals surface area contributed by atoms with Gasteiger partial charge in [-0.2, -0.15) is 0 Å². The number of carboxylic acid groups (broad SMARTS) is 1. The summed E-state index contributed by atoms with van der Waals surface area (Å²) in [5, 5.41) is 8.89. The Hall–Kier alpha value is -1.55. The summed E-state index contributed by atoms with van der Waals surface area (Å²) in [5.74, 6) is -0.218. The summed E-state index contributed by atoms with van der Waals surface area (Å²) in [6, 6.07) is 3.11. The Balaban J connectivity index is 2.36. The summed E-state index contributed by atoms with van der Waals surface area (Å²) in [5.41, 5.74) is 9.12. The van der Waals surface area contributed by atoms with Crippen molar-refractivity contribution in [2.75, 3.05) is 7.11 Å². The highest BCUT2D eigenvalue weighted by Gasteiger charge is 2.22. The van der Waals surface area contributed by atoms with Crippen LogP contribution in [0.15, 0.2) is 12.1 Å². The van der Waals surface area contributed by atoms with Crippen molar-refractivity contribution in [3.8, 4) is 5.75 Å². The molecule has 0 aliphatic heterocycles. The van der Waals surface area contributed by atoms with Gasteiger partial charge in [-0.15, -0.1) is 0 Å². The molecule has 0 spiro atoms. The van der Waals surface area contributed by atoms with Crippen LogP contribution in [0.2, 0.25) is 0 Å². The molecule has 2 rings (SSSR count). The third kappa shape index (κ3) is 2.26. The van der Waals surface area contributed by atoms with Crippen molar-refractivity contribution in [2.24, 2.45) is 5.73 Å².